The van der Waals surface area contributed by atoms with Gasteiger partial charge in [-0.1, -0.05) is 11.3 Å². The summed E-state index contributed by atoms with van der Waals surface area (Å²) in [7, 11) is 0. The van der Waals surface area contributed by atoms with Gasteiger partial charge in [0, 0.05) is 31.6 Å². The molecule has 1 fully saturated rings. The zero-order valence-corrected chi connectivity index (χ0v) is 16.3. The van der Waals surface area contributed by atoms with Gasteiger partial charge < -0.3 is 19.7 Å². The molecule has 2 aromatic rings. The van der Waals surface area contributed by atoms with Gasteiger partial charge >= 0.3 is 0 Å². The summed E-state index contributed by atoms with van der Waals surface area (Å²) in [5.41, 5.74) is 1.27. The highest BCUT2D eigenvalue weighted by Crippen LogP contribution is 2.36. The lowest BCUT2D eigenvalue weighted by atomic mass is 10.1. The molecule has 0 unspecified atom stereocenters. The van der Waals surface area contributed by atoms with Crippen LogP contribution in [0.5, 0.6) is 11.5 Å². The maximum absolute atomic E-state index is 12.6. The molecule has 2 amide bonds. The van der Waals surface area contributed by atoms with Gasteiger partial charge in [0.1, 0.15) is 13.2 Å². The summed E-state index contributed by atoms with van der Waals surface area (Å²) in [5, 5.41) is 3.11. The van der Waals surface area contributed by atoms with Crippen molar-refractivity contribution in [2.45, 2.75) is 20.3 Å². The van der Waals surface area contributed by atoms with E-state index >= 15 is 0 Å². The number of hydrogen-bond acceptors (Lipinski definition) is 7. The van der Waals surface area contributed by atoms with Gasteiger partial charge in [-0.3, -0.25) is 14.4 Å². The molecule has 0 saturated carbocycles. The second kappa shape index (κ2) is 7.23. The fourth-order valence-corrected chi connectivity index (χ4v) is 4.18. The normalized spacial score (nSPS) is 18.3. The Labute approximate surface area is 165 Å². The average Bonchev–Trinajstić information content (AvgIpc) is 3.24. The first-order chi connectivity index (χ1) is 13.4. The first-order valence-electron chi connectivity index (χ1n) is 8.91. The minimum atomic E-state index is -0.495. The number of ether oxygens (including phenoxy) is 2. The lowest BCUT2D eigenvalue weighted by Gasteiger charge is -2.22. The second-order valence-electron chi connectivity index (χ2n) is 6.71. The lowest BCUT2D eigenvalue weighted by Crippen LogP contribution is -2.28. The Bertz CT molecular complexity index is 970. The van der Waals surface area contributed by atoms with E-state index in [0.29, 0.717) is 46.1 Å². The molecule has 1 atom stereocenters. The van der Waals surface area contributed by atoms with E-state index in [-0.39, 0.29) is 30.6 Å². The summed E-state index contributed by atoms with van der Waals surface area (Å²) < 4.78 is 11.1. The zero-order chi connectivity index (χ0) is 19.8. The molecule has 3 heterocycles. The maximum atomic E-state index is 12.6. The topological polar surface area (TPSA) is 97.8 Å². The predicted molar refractivity (Wildman–Crippen MR) is 103 cm³/mol. The largest absolute Gasteiger partial charge is 0.486 e. The molecular formula is C19H19N3O5S. The van der Waals surface area contributed by atoms with Gasteiger partial charge in [-0.2, -0.15) is 0 Å². The van der Waals surface area contributed by atoms with Crippen LogP contribution in [0.1, 0.15) is 28.7 Å². The van der Waals surface area contributed by atoms with E-state index in [1.807, 2.05) is 0 Å². The Morgan fingerprint density at radius 3 is 2.71 bits per heavy atom. The molecule has 0 spiro atoms. The van der Waals surface area contributed by atoms with E-state index in [0.717, 1.165) is 11.3 Å². The van der Waals surface area contributed by atoms with E-state index in [4.69, 9.17) is 9.47 Å². The highest BCUT2D eigenvalue weighted by atomic mass is 32.1. The number of thiazole rings is 1. The number of nitrogens with zero attached hydrogens (tertiary/aromatic N) is 2. The van der Waals surface area contributed by atoms with Crippen LogP contribution in [0.3, 0.4) is 0 Å². The quantitative estimate of drug-likeness (QED) is 0.790. The van der Waals surface area contributed by atoms with Crippen molar-refractivity contribution in [3.05, 3.63) is 28.8 Å². The number of Topliss-reactive ketones (excluding diaryl/α,β-unsaturated/α-hetero) is 1. The summed E-state index contributed by atoms with van der Waals surface area (Å²) in [6, 6.07) is 5.32. The minimum Gasteiger partial charge on any atom is -0.486 e. The summed E-state index contributed by atoms with van der Waals surface area (Å²) in [4.78, 5) is 43.0. The van der Waals surface area contributed by atoms with Crippen molar-refractivity contribution in [1.82, 2.24) is 4.98 Å². The number of aromatic nitrogens is 1. The molecule has 28 heavy (non-hydrogen) atoms. The molecule has 0 bridgehead atoms. The number of aryl methyl sites for hydroxylation is 1. The molecule has 146 valence electrons. The van der Waals surface area contributed by atoms with Gasteiger partial charge in [0.05, 0.1) is 16.5 Å². The molecule has 2 aliphatic rings. The average molecular weight is 401 g/mol. The number of anilines is 2. The van der Waals surface area contributed by atoms with E-state index in [1.165, 1.54) is 6.92 Å². The molecule has 9 heteroatoms. The van der Waals surface area contributed by atoms with Gasteiger partial charge in [-0.15, -0.1) is 0 Å². The molecule has 1 N–H and O–H groups in total. The highest BCUT2D eigenvalue weighted by molar-refractivity contribution is 7.17. The number of hydrogen-bond donors (Lipinski definition) is 1. The van der Waals surface area contributed by atoms with Crippen LogP contribution in [0.2, 0.25) is 0 Å². The van der Waals surface area contributed by atoms with Crippen LogP contribution in [0.25, 0.3) is 0 Å². The third-order valence-corrected chi connectivity index (χ3v) is 5.85. The first kappa shape index (κ1) is 18.4. The monoisotopic (exact) mass is 401 g/mol. The van der Waals surface area contributed by atoms with Crippen molar-refractivity contribution in [1.29, 1.82) is 0 Å². The van der Waals surface area contributed by atoms with E-state index in [1.54, 1.807) is 30.0 Å². The SMILES string of the molecule is CC(=O)c1sc(NC(=O)[C@@H]2CC(=O)N(c3ccc4c(c3)OCCO4)C2)nc1C. The van der Waals surface area contributed by atoms with Crippen molar-refractivity contribution in [3.8, 4) is 11.5 Å². The van der Waals surface area contributed by atoms with Crippen LogP contribution >= 0.6 is 11.3 Å². The van der Waals surface area contributed by atoms with Crippen LogP contribution in [-0.2, 0) is 9.59 Å². The standard InChI is InChI=1S/C19H19N3O5S/c1-10-17(11(2)23)28-19(20-10)21-18(25)12-7-16(24)22(9-12)13-3-4-14-15(8-13)27-6-5-26-14/h3-4,8,12H,5-7,9H2,1-2H3,(H,20,21,25)/t12-/m1/s1. The molecule has 1 saturated heterocycles. The van der Waals surface area contributed by atoms with E-state index in [2.05, 4.69) is 10.3 Å². The van der Waals surface area contributed by atoms with Gasteiger partial charge in [0.25, 0.3) is 0 Å². The fraction of sp³-hybridized carbons (Fsp3) is 0.368. The number of carbonyl (C=O) groups excluding carboxylic acids is 3. The summed E-state index contributed by atoms with van der Waals surface area (Å²) in [6.07, 6.45) is 0.115. The van der Waals surface area contributed by atoms with Crippen molar-refractivity contribution >= 4 is 39.8 Å². The summed E-state index contributed by atoms with van der Waals surface area (Å²) >= 11 is 1.15. The molecular weight excluding hydrogens is 382 g/mol. The predicted octanol–water partition coefficient (Wildman–Crippen LogP) is 2.42. The van der Waals surface area contributed by atoms with Gasteiger partial charge in [-0.05, 0) is 19.1 Å². The third-order valence-electron chi connectivity index (χ3n) is 4.68. The first-order valence-corrected chi connectivity index (χ1v) is 9.73. The van der Waals surface area contributed by atoms with Gasteiger partial charge in [0.2, 0.25) is 11.8 Å². The molecule has 2 aliphatic heterocycles. The maximum Gasteiger partial charge on any atom is 0.231 e. The van der Waals surface area contributed by atoms with Crippen LogP contribution in [0.4, 0.5) is 10.8 Å². The number of benzene rings is 1. The third kappa shape index (κ3) is 3.45. The van der Waals surface area contributed by atoms with Crippen molar-refractivity contribution in [2.24, 2.45) is 5.92 Å². The zero-order valence-electron chi connectivity index (χ0n) is 15.5. The van der Waals surface area contributed by atoms with E-state index < -0.39 is 5.92 Å². The van der Waals surface area contributed by atoms with Crippen LogP contribution < -0.4 is 19.7 Å². The summed E-state index contributed by atoms with van der Waals surface area (Å²) in [6.45, 7) is 4.43. The number of amides is 2. The number of fused-ring (bicyclic) bond motifs is 1. The van der Waals surface area contributed by atoms with Gasteiger partial charge in [0.15, 0.2) is 22.4 Å². The van der Waals surface area contributed by atoms with Crippen LogP contribution in [-0.4, -0.2) is 42.3 Å². The molecule has 0 radical (unpaired) electrons. The fourth-order valence-electron chi connectivity index (χ4n) is 3.32. The Morgan fingerprint density at radius 1 is 1.25 bits per heavy atom. The molecule has 4 rings (SSSR count). The Kier molecular flexibility index (Phi) is 4.76. The molecule has 1 aromatic heterocycles. The lowest BCUT2D eigenvalue weighted by molar-refractivity contribution is -0.122. The van der Waals surface area contributed by atoms with E-state index in [9.17, 15) is 14.4 Å². The molecule has 0 aliphatic carbocycles. The number of carbonyl (C=O) groups is 3. The summed E-state index contributed by atoms with van der Waals surface area (Å²) in [5.74, 6) is 0.256. The van der Waals surface area contributed by atoms with Crippen molar-refractivity contribution in [2.75, 3.05) is 30.0 Å². The molecule has 8 nitrogen and oxygen atoms in total. The number of ketones is 1. The second-order valence-corrected chi connectivity index (χ2v) is 7.71. The molecule has 1 aromatic carbocycles. The van der Waals surface area contributed by atoms with Gasteiger partial charge in [-0.25, -0.2) is 4.98 Å². The van der Waals surface area contributed by atoms with Crippen LogP contribution in [0, 0.1) is 12.8 Å². The number of rotatable bonds is 4. The van der Waals surface area contributed by atoms with Crippen molar-refractivity contribution in [3.63, 3.8) is 0 Å². The highest BCUT2D eigenvalue weighted by Gasteiger charge is 2.36. The Hall–Kier alpha value is -2.94. The number of nitrogens with one attached hydrogen (secondary N) is 1. The van der Waals surface area contributed by atoms with Crippen molar-refractivity contribution < 1.29 is 23.9 Å². The Morgan fingerprint density at radius 2 is 2.00 bits per heavy atom. The smallest absolute Gasteiger partial charge is 0.231 e. The Balaban J connectivity index is 1.46. The van der Waals surface area contributed by atoms with Crippen LogP contribution in [0.15, 0.2) is 18.2 Å². The minimum absolute atomic E-state index is 0.0867.